The van der Waals surface area contributed by atoms with E-state index in [1.54, 1.807) is 0 Å². The third-order valence-electron chi connectivity index (χ3n) is 1.74. The molecule has 0 saturated heterocycles. The van der Waals surface area contributed by atoms with Crippen molar-refractivity contribution in [2.45, 2.75) is 20.3 Å². The molecule has 72 valence electrons. The lowest BCUT2D eigenvalue weighted by Crippen LogP contribution is -1.97. The highest BCUT2D eigenvalue weighted by Gasteiger charge is 2.03. The molecule has 1 rings (SSSR count). The number of nitrogens with zero attached hydrogens (tertiary/aromatic N) is 1. The summed E-state index contributed by atoms with van der Waals surface area (Å²) in [7, 11) is 0. The minimum Gasteiger partial charge on any atom is -0.383 e. The van der Waals surface area contributed by atoms with Crippen molar-refractivity contribution in [2.75, 3.05) is 17.6 Å². The van der Waals surface area contributed by atoms with Crippen LogP contribution < -0.4 is 11.1 Å². The van der Waals surface area contributed by atoms with Crippen molar-refractivity contribution in [3.63, 3.8) is 0 Å². The number of nitrogens with two attached hydrogens (primary N) is 1. The maximum atomic E-state index is 5.61. The summed E-state index contributed by atoms with van der Waals surface area (Å²) in [5.41, 5.74) is 6.66. The van der Waals surface area contributed by atoms with Crippen molar-refractivity contribution in [3.8, 4) is 0 Å². The van der Waals surface area contributed by atoms with Crippen molar-refractivity contribution in [3.05, 3.63) is 17.7 Å². The van der Waals surface area contributed by atoms with E-state index in [9.17, 15) is 0 Å². The second kappa shape index (κ2) is 4.87. The third-order valence-corrected chi connectivity index (χ3v) is 2.66. The van der Waals surface area contributed by atoms with Gasteiger partial charge in [-0.2, -0.15) is 4.37 Å². The fourth-order valence-electron chi connectivity index (χ4n) is 0.915. The lowest BCUT2D eigenvalue weighted by Gasteiger charge is -1.99. The van der Waals surface area contributed by atoms with Crippen LogP contribution in [0.25, 0.3) is 0 Å². The van der Waals surface area contributed by atoms with Gasteiger partial charge in [0, 0.05) is 12.1 Å². The molecule has 0 amide bonds. The number of rotatable bonds is 4. The first kappa shape index (κ1) is 10.1. The molecule has 3 nitrogen and oxygen atoms in total. The number of hydrogen-bond donors (Lipinski definition) is 2. The molecule has 3 N–H and O–H groups in total. The molecule has 0 radical (unpaired) electrons. The predicted octanol–water partition coefficient (Wildman–Crippen LogP) is 2.41. The van der Waals surface area contributed by atoms with Crippen molar-refractivity contribution in [2.24, 2.45) is 0 Å². The lowest BCUT2D eigenvalue weighted by molar-refractivity contribution is 1.20. The normalized spacial score (nSPS) is 10.9. The molecule has 13 heavy (non-hydrogen) atoms. The van der Waals surface area contributed by atoms with Gasteiger partial charge in [0.2, 0.25) is 0 Å². The van der Waals surface area contributed by atoms with E-state index in [4.69, 9.17) is 5.73 Å². The molecule has 0 aliphatic rings. The van der Waals surface area contributed by atoms with E-state index in [0.717, 1.165) is 23.5 Å². The summed E-state index contributed by atoms with van der Waals surface area (Å²) in [5, 5.41) is 4.33. The summed E-state index contributed by atoms with van der Waals surface area (Å²) >= 11 is 1.41. The highest BCUT2D eigenvalue weighted by atomic mass is 32.1. The Balaban J connectivity index is 2.45. The summed E-state index contributed by atoms with van der Waals surface area (Å²) in [6.45, 7) is 4.94. The van der Waals surface area contributed by atoms with Crippen LogP contribution in [-0.4, -0.2) is 10.9 Å². The molecular formula is C9H15N3S. The summed E-state index contributed by atoms with van der Waals surface area (Å²) in [6, 6.07) is 0. The van der Waals surface area contributed by atoms with Crippen molar-refractivity contribution < 1.29 is 0 Å². The molecule has 1 heterocycles. The first-order valence-corrected chi connectivity index (χ1v) is 5.13. The monoisotopic (exact) mass is 197 g/mol. The van der Waals surface area contributed by atoms with Crippen LogP contribution in [0, 0.1) is 6.92 Å². The quantitative estimate of drug-likeness (QED) is 0.729. The molecule has 0 aliphatic carbocycles. The van der Waals surface area contributed by atoms with Crippen LogP contribution in [0.3, 0.4) is 0 Å². The molecule has 0 fully saturated rings. The number of anilines is 2. The standard InChI is InChI=1S/C9H15N3S/c1-3-4-5-6-11-9-7(2)8(10)12-13-9/h4-5,11H,3,6H2,1-2H3,(H2,10,12)/b5-4+. The minimum absolute atomic E-state index is 0.631. The smallest absolute Gasteiger partial charge is 0.142 e. The maximum Gasteiger partial charge on any atom is 0.142 e. The summed E-state index contributed by atoms with van der Waals surface area (Å²) in [6.07, 6.45) is 5.31. The van der Waals surface area contributed by atoms with Gasteiger partial charge in [0.25, 0.3) is 0 Å². The van der Waals surface area contributed by atoms with Gasteiger partial charge in [-0.1, -0.05) is 19.1 Å². The summed E-state index contributed by atoms with van der Waals surface area (Å²) in [4.78, 5) is 0. The van der Waals surface area contributed by atoms with Crippen LogP contribution in [0.2, 0.25) is 0 Å². The minimum atomic E-state index is 0.631. The zero-order valence-electron chi connectivity index (χ0n) is 8.00. The molecule has 0 bridgehead atoms. The van der Waals surface area contributed by atoms with Crippen LogP contribution in [-0.2, 0) is 0 Å². The average molecular weight is 197 g/mol. The van der Waals surface area contributed by atoms with Crippen LogP contribution in [0.5, 0.6) is 0 Å². The Morgan fingerprint density at radius 1 is 1.54 bits per heavy atom. The number of aromatic nitrogens is 1. The third kappa shape index (κ3) is 2.73. The number of allylic oxidation sites excluding steroid dienone is 1. The maximum absolute atomic E-state index is 5.61. The van der Waals surface area contributed by atoms with Crippen LogP contribution in [0.15, 0.2) is 12.2 Å². The molecule has 0 spiro atoms. The number of nitrogens with one attached hydrogen (secondary N) is 1. The van der Waals surface area contributed by atoms with Gasteiger partial charge in [0.15, 0.2) is 0 Å². The first-order valence-electron chi connectivity index (χ1n) is 4.36. The lowest BCUT2D eigenvalue weighted by atomic mass is 10.3. The van der Waals surface area contributed by atoms with Crippen molar-refractivity contribution in [1.82, 2.24) is 4.37 Å². The van der Waals surface area contributed by atoms with E-state index in [0.29, 0.717) is 5.82 Å². The Kier molecular flexibility index (Phi) is 3.76. The molecular weight excluding hydrogens is 182 g/mol. The second-order valence-corrected chi connectivity index (χ2v) is 3.56. The molecule has 0 unspecified atom stereocenters. The van der Waals surface area contributed by atoms with Gasteiger partial charge in [-0.15, -0.1) is 0 Å². The van der Waals surface area contributed by atoms with Crippen LogP contribution in [0.1, 0.15) is 18.9 Å². The van der Waals surface area contributed by atoms with E-state index in [2.05, 4.69) is 28.8 Å². The molecule has 0 aromatic carbocycles. The van der Waals surface area contributed by atoms with Gasteiger partial charge in [0.1, 0.15) is 10.8 Å². The topological polar surface area (TPSA) is 50.9 Å². The van der Waals surface area contributed by atoms with E-state index >= 15 is 0 Å². The predicted molar refractivity (Wildman–Crippen MR) is 59.2 cm³/mol. The largest absolute Gasteiger partial charge is 0.383 e. The highest BCUT2D eigenvalue weighted by molar-refractivity contribution is 7.10. The van der Waals surface area contributed by atoms with E-state index < -0.39 is 0 Å². The van der Waals surface area contributed by atoms with Gasteiger partial charge in [0.05, 0.1) is 0 Å². The Morgan fingerprint density at radius 3 is 2.85 bits per heavy atom. The Morgan fingerprint density at radius 2 is 2.31 bits per heavy atom. The Hall–Kier alpha value is -1.03. The van der Waals surface area contributed by atoms with Gasteiger partial charge in [-0.3, -0.25) is 0 Å². The van der Waals surface area contributed by atoms with Crippen molar-refractivity contribution >= 4 is 22.4 Å². The van der Waals surface area contributed by atoms with E-state index in [1.165, 1.54) is 11.5 Å². The molecule has 0 aliphatic heterocycles. The zero-order valence-corrected chi connectivity index (χ0v) is 8.82. The first-order chi connectivity index (χ1) is 6.25. The number of nitrogen functional groups attached to an aromatic ring is 1. The van der Waals surface area contributed by atoms with Gasteiger partial charge >= 0.3 is 0 Å². The Labute approximate surface area is 82.8 Å². The van der Waals surface area contributed by atoms with Gasteiger partial charge < -0.3 is 11.1 Å². The second-order valence-electron chi connectivity index (χ2n) is 2.78. The molecule has 1 aromatic rings. The SMILES string of the molecule is CC/C=C/CNc1snc(N)c1C. The average Bonchev–Trinajstić information content (AvgIpc) is 2.43. The van der Waals surface area contributed by atoms with E-state index in [-0.39, 0.29) is 0 Å². The molecule has 0 atom stereocenters. The fraction of sp³-hybridized carbons (Fsp3) is 0.444. The molecule has 0 saturated carbocycles. The molecule has 1 aromatic heterocycles. The van der Waals surface area contributed by atoms with Gasteiger partial charge in [-0.05, 0) is 24.9 Å². The number of hydrogen-bond acceptors (Lipinski definition) is 4. The molecule has 4 heteroatoms. The summed E-state index contributed by atoms with van der Waals surface area (Å²) in [5.74, 6) is 0.631. The van der Waals surface area contributed by atoms with Gasteiger partial charge in [-0.25, -0.2) is 0 Å². The summed E-state index contributed by atoms with van der Waals surface area (Å²) < 4.78 is 4.05. The van der Waals surface area contributed by atoms with Crippen molar-refractivity contribution in [1.29, 1.82) is 0 Å². The highest BCUT2D eigenvalue weighted by Crippen LogP contribution is 2.24. The fourth-order valence-corrected chi connectivity index (χ4v) is 1.63. The van der Waals surface area contributed by atoms with E-state index in [1.807, 2.05) is 6.92 Å². The zero-order chi connectivity index (χ0) is 9.68. The van der Waals surface area contributed by atoms with Crippen LogP contribution in [0.4, 0.5) is 10.8 Å². The Bertz CT molecular complexity index is 291. The van der Waals surface area contributed by atoms with Crippen LogP contribution >= 0.6 is 11.5 Å².